The van der Waals surface area contributed by atoms with E-state index in [2.05, 4.69) is 59.2 Å². The third-order valence-electron chi connectivity index (χ3n) is 3.32. The van der Waals surface area contributed by atoms with E-state index in [1.165, 1.54) is 47.7 Å². The molecule has 1 unspecified atom stereocenters. The summed E-state index contributed by atoms with van der Waals surface area (Å²) in [5, 5.41) is 0. The Labute approximate surface area is 125 Å². The zero-order valence-corrected chi connectivity index (χ0v) is 13.4. The fourth-order valence-electron chi connectivity index (χ4n) is 2.17. The van der Waals surface area contributed by atoms with Gasteiger partial charge in [0.05, 0.1) is 0 Å². The molecule has 0 aliphatic rings. The van der Waals surface area contributed by atoms with Crippen LogP contribution in [0.3, 0.4) is 0 Å². The molecule has 0 aromatic heterocycles. The largest absolute Gasteiger partial charge is 0.271 e. The first-order valence-electron chi connectivity index (χ1n) is 6.99. The summed E-state index contributed by atoms with van der Waals surface area (Å²) in [5.74, 6) is 5.65. The van der Waals surface area contributed by atoms with Crippen molar-refractivity contribution in [2.75, 3.05) is 0 Å². The number of halogens is 1. The summed E-state index contributed by atoms with van der Waals surface area (Å²) in [7, 11) is 0. The normalized spacial score (nSPS) is 12.6. The molecule has 3 N–H and O–H groups in total. The minimum absolute atomic E-state index is 0.299. The lowest BCUT2D eigenvalue weighted by Gasteiger charge is -2.16. The molecular weight excluding hydrogens is 335 g/mol. The Bertz CT molecular complexity index is 311. The molecule has 1 aromatic carbocycles. The number of benzene rings is 1. The van der Waals surface area contributed by atoms with Gasteiger partial charge in [0.1, 0.15) is 0 Å². The maximum absolute atomic E-state index is 5.65. The van der Waals surface area contributed by atoms with Crippen LogP contribution in [0.1, 0.15) is 63.5 Å². The first-order chi connectivity index (χ1) is 8.77. The lowest BCUT2D eigenvalue weighted by atomic mass is 10.0. The van der Waals surface area contributed by atoms with Crippen molar-refractivity contribution in [3.63, 3.8) is 0 Å². The van der Waals surface area contributed by atoms with E-state index in [1.54, 1.807) is 0 Å². The van der Waals surface area contributed by atoms with Gasteiger partial charge < -0.3 is 0 Å². The number of unbranched alkanes of at least 4 members (excludes halogenated alkanes) is 5. The van der Waals surface area contributed by atoms with Gasteiger partial charge in [0.25, 0.3) is 0 Å². The zero-order chi connectivity index (χ0) is 13.2. The van der Waals surface area contributed by atoms with Gasteiger partial charge in [-0.1, -0.05) is 57.6 Å². The topological polar surface area (TPSA) is 38.0 Å². The molecule has 102 valence electrons. The Balaban J connectivity index is 2.27. The second-order valence-electron chi connectivity index (χ2n) is 4.83. The zero-order valence-electron chi connectivity index (χ0n) is 11.3. The van der Waals surface area contributed by atoms with Crippen molar-refractivity contribution in [2.45, 2.75) is 57.9 Å². The van der Waals surface area contributed by atoms with Crippen molar-refractivity contribution in [3.05, 3.63) is 33.4 Å². The Morgan fingerprint density at radius 2 is 1.67 bits per heavy atom. The van der Waals surface area contributed by atoms with E-state index >= 15 is 0 Å². The predicted octanol–water partition coefficient (Wildman–Crippen LogP) is 4.55. The smallest absolute Gasteiger partial charge is 0.0460 e. The monoisotopic (exact) mass is 360 g/mol. The Kier molecular flexibility index (Phi) is 8.63. The lowest BCUT2D eigenvalue weighted by Crippen LogP contribution is -2.27. The molecule has 0 saturated carbocycles. The molecular formula is C15H25IN2. The maximum Gasteiger partial charge on any atom is 0.0460 e. The molecule has 0 aliphatic heterocycles. The van der Waals surface area contributed by atoms with Crippen molar-refractivity contribution in [1.82, 2.24) is 5.43 Å². The van der Waals surface area contributed by atoms with Crippen LogP contribution in [0.5, 0.6) is 0 Å². The van der Waals surface area contributed by atoms with Crippen LogP contribution in [0.4, 0.5) is 0 Å². The third kappa shape index (κ3) is 6.16. The van der Waals surface area contributed by atoms with Crippen molar-refractivity contribution >= 4 is 22.6 Å². The minimum atomic E-state index is 0.299. The van der Waals surface area contributed by atoms with E-state index in [-0.39, 0.29) is 0 Å². The Morgan fingerprint density at radius 3 is 2.28 bits per heavy atom. The second kappa shape index (κ2) is 9.75. The number of nitrogens with two attached hydrogens (primary N) is 1. The molecule has 1 aromatic rings. The van der Waals surface area contributed by atoms with E-state index in [9.17, 15) is 0 Å². The molecule has 1 rings (SSSR count). The molecule has 18 heavy (non-hydrogen) atoms. The first-order valence-corrected chi connectivity index (χ1v) is 8.07. The van der Waals surface area contributed by atoms with Gasteiger partial charge in [-0.25, -0.2) is 0 Å². The maximum atomic E-state index is 5.65. The van der Waals surface area contributed by atoms with Crippen LogP contribution in [0.15, 0.2) is 24.3 Å². The molecule has 0 radical (unpaired) electrons. The van der Waals surface area contributed by atoms with Gasteiger partial charge in [-0.3, -0.25) is 11.3 Å². The summed E-state index contributed by atoms with van der Waals surface area (Å²) in [6.45, 7) is 2.26. The molecule has 0 spiro atoms. The summed E-state index contributed by atoms with van der Waals surface area (Å²) in [5.41, 5.74) is 4.24. The van der Waals surface area contributed by atoms with Gasteiger partial charge in [0.2, 0.25) is 0 Å². The second-order valence-corrected chi connectivity index (χ2v) is 6.07. The number of hydrogen-bond donors (Lipinski definition) is 2. The summed E-state index contributed by atoms with van der Waals surface area (Å²) in [6, 6.07) is 8.92. The molecule has 0 bridgehead atoms. The summed E-state index contributed by atoms with van der Waals surface area (Å²) in [6.07, 6.45) is 9.13. The number of hydrazine groups is 1. The van der Waals surface area contributed by atoms with Crippen LogP contribution in [-0.2, 0) is 0 Å². The lowest BCUT2D eigenvalue weighted by molar-refractivity contribution is 0.477. The standard InChI is InChI=1S/C15H25IN2/c1-2-3-4-5-6-7-8-15(18-17)13-9-11-14(16)12-10-13/h9-12,15,18H,2-8,17H2,1H3. The van der Waals surface area contributed by atoms with Gasteiger partial charge in [0, 0.05) is 9.61 Å². The molecule has 0 fully saturated rings. The van der Waals surface area contributed by atoms with E-state index in [4.69, 9.17) is 5.84 Å². The van der Waals surface area contributed by atoms with Crippen LogP contribution < -0.4 is 11.3 Å². The highest BCUT2D eigenvalue weighted by atomic mass is 127. The fraction of sp³-hybridized carbons (Fsp3) is 0.600. The van der Waals surface area contributed by atoms with Crippen molar-refractivity contribution < 1.29 is 0 Å². The molecule has 0 saturated heterocycles. The van der Waals surface area contributed by atoms with E-state index in [1.807, 2.05) is 0 Å². The van der Waals surface area contributed by atoms with Crippen LogP contribution in [0.25, 0.3) is 0 Å². The van der Waals surface area contributed by atoms with Crippen LogP contribution in [0, 0.1) is 3.57 Å². The summed E-state index contributed by atoms with van der Waals surface area (Å²) < 4.78 is 1.27. The molecule has 0 amide bonds. The van der Waals surface area contributed by atoms with Crippen molar-refractivity contribution in [1.29, 1.82) is 0 Å². The molecule has 0 aliphatic carbocycles. The van der Waals surface area contributed by atoms with Gasteiger partial charge in [-0.05, 0) is 46.7 Å². The van der Waals surface area contributed by atoms with Gasteiger partial charge in [-0.2, -0.15) is 0 Å². The Hall–Kier alpha value is -0.130. The average Bonchev–Trinajstić information content (AvgIpc) is 2.39. The average molecular weight is 360 g/mol. The number of hydrogen-bond acceptors (Lipinski definition) is 2. The molecule has 2 nitrogen and oxygen atoms in total. The molecule has 1 atom stereocenters. The molecule has 0 heterocycles. The highest BCUT2D eigenvalue weighted by Crippen LogP contribution is 2.20. The highest BCUT2D eigenvalue weighted by molar-refractivity contribution is 14.1. The molecule has 3 heteroatoms. The van der Waals surface area contributed by atoms with Crippen molar-refractivity contribution in [3.8, 4) is 0 Å². The van der Waals surface area contributed by atoms with E-state index < -0.39 is 0 Å². The van der Waals surface area contributed by atoms with E-state index in [0.717, 1.165) is 6.42 Å². The SMILES string of the molecule is CCCCCCCCC(NN)c1ccc(I)cc1. The minimum Gasteiger partial charge on any atom is -0.271 e. The van der Waals surface area contributed by atoms with Gasteiger partial charge >= 0.3 is 0 Å². The van der Waals surface area contributed by atoms with Crippen molar-refractivity contribution in [2.24, 2.45) is 5.84 Å². The number of nitrogens with one attached hydrogen (secondary N) is 1. The van der Waals surface area contributed by atoms with Crippen LogP contribution >= 0.6 is 22.6 Å². The summed E-state index contributed by atoms with van der Waals surface area (Å²) >= 11 is 2.33. The Morgan fingerprint density at radius 1 is 1.06 bits per heavy atom. The third-order valence-corrected chi connectivity index (χ3v) is 4.04. The van der Waals surface area contributed by atoms with E-state index in [0.29, 0.717) is 6.04 Å². The van der Waals surface area contributed by atoms with Crippen LogP contribution in [-0.4, -0.2) is 0 Å². The summed E-state index contributed by atoms with van der Waals surface area (Å²) in [4.78, 5) is 0. The first kappa shape index (κ1) is 15.9. The predicted molar refractivity (Wildman–Crippen MR) is 87.2 cm³/mol. The van der Waals surface area contributed by atoms with Crippen LogP contribution in [0.2, 0.25) is 0 Å². The van der Waals surface area contributed by atoms with Gasteiger partial charge in [0.15, 0.2) is 0 Å². The fourth-order valence-corrected chi connectivity index (χ4v) is 2.53. The van der Waals surface area contributed by atoms with Gasteiger partial charge in [-0.15, -0.1) is 0 Å². The number of rotatable bonds is 9. The quantitative estimate of drug-likeness (QED) is 0.294. The highest BCUT2D eigenvalue weighted by Gasteiger charge is 2.08.